The fourth-order valence-electron chi connectivity index (χ4n) is 2.43. The van der Waals surface area contributed by atoms with Crippen molar-refractivity contribution in [1.82, 2.24) is 5.32 Å². The second-order valence-electron chi connectivity index (χ2n) is 6.48. The molecule has 3 heteroatoms. The maximum Gasteiger partial charge on any atom is 0.126 e. The minimum absolute atomic E-state index is 0.0185. The van der Waals surface area contributed by atoms with Crippen LogP contribution in [0.2, 0.25) is 0 Å². The highest BCUT2D eigenvalue weighted by Crippen LogP contribution is 2.34. The van der Waals surface area contributed by atoms with E-state index < -0.39 is 0 Å². The Kier molecular flexibility index (Phi) is 4.26. The molecule has 0 aromatic heterocycles. The van der Waals surface area contributed by atoms with Crippen LogP contribution in [0.25, 0.3) is 0 Å². The number of aryl methyl sites for hydroxylation is 1. The average molecular weight is 265 g/mol. The zero-order valence-electron chi connectivity index (χ0n) is 12.3. The van der Waals surface area contributed by atoms with Gasteiger partial charge in [0, 0.05) is 24.6 Å². The van der Waals surface area contributed by atoms with E-state index >= 15 is 0 Å². The van der Waals surface area contributed by atoms with Crippen LogP contribution in [0.5, 0.6) is 0 Å². The van der Waals surface area contributed by atoms with Crippen LogP contribution in [0.4, 0.5) is 4.39 Å². The molecule has 1 aliphatic rings. The van der Waals surface area contributed by atoms with Crippen molar-refractivity contribution in [2.45, 2.75) is 45.8 Å². The maximum absolute atomic E-state index is 13.7. The zero-order valence-corrected chi connectivity index (χ0v) is 12.3. The van der Waals surface area contributed by atoms with Crippen molar-refractivity contribution in [1.29, 1.82) is 0 Å². The fraction of sp³-hybridized carbons (Fsp3) is 0.625. The van der Waals surface area contributed by atoms with Gasteiger partial charge in [0.15, 0.2) is 0 Å². The van der Waals surface area contributed by atoms with Crippen LogP contribution in [0.3, 0.4) is 0 Å². The van der Waals surface area contributed by atoms with E-state index in [1.54, 1.807) is 13.0 Å². The summed E-state index contributed by atoms with van der Waals surface area (Å²) in [6, 6.07) is 5.44. The Balaban J connectivity index is 2.07. The summed E-state index contributed by atoms with van der Waals surface area (Å²) < 4.78 is 19.5. The van der Waals surface area contributed by atoms with Crippen LogP contribution in [0, 0.1) is 18.7 Å². The molecule has 1 N–H and O–H groups in total. The summed E-state index contributed by atoms with van der Waals surface area (Å²) in [6.45, 7) is 9.92. The lowest BCUT2D eigenvalue weighted by molar-refractivity contribution is 0.0887. The van der Waals surface area contributed by atoms with E-state index in [4.69, 9.17) is 4.74 Å². The Morgan fingerprint density at radius 3 is 2.74 bits per heavy atom. The first kappa shape index (κ1) is 14.5. The number of rotatable bonds is 3. The number of hydrogen-bond acceptors (Lipinski definition) is 2. The van der Waals surface area contributed by atoms with Gasteiger partial charge in [-0.15, -0.1) is 0 Å². The molecule has 0 saturated carbocycles. The minimum Gasteiger partial charge on any atom is -0.373 e. The van der Waals surface area contributed by atoms with Gasteiger partial charge >= 0.3 is 0 Å². The van der Waals surface area contributed by atoms with E-state index in [-0.39, 0.29) is 17.5 Å². The molecule has 1 fully saturated rings. The Labute approximate surface area is 115 Å². The number of ether oxygens (including phenoxy) is 1. The number of hydrogen-bond donors (Lipinski definition) is 1. The third kappa shape index (κ3) is 3.77. The Bertz CT molecular complexity index is 439. The van der Waals surface area contributed by atoms with E-state index in [1.165, 1.54) is 0 Å². The minimum atomic E-state index is -0.143. The van der Waals surface area contributed by atoms with E-state index in [2.05, 4.69) is 26.1 Å². The van der Waals surface area contributed by atoms with Crippen molar-refractivity contribution in [2.24, 2.45) is 5.92 Å². The molecule has 1 heterocycles. The molecule has 0 aliphatic carbocycles. The summed E-state index contributed by atoms with van der Waals surface area (Å²) in [5.74, 6) is 0.275. The van der Waals surface area contributed by atoms with Crippen LogP contribution in [0.15, 0.2) is 18.2 Å². The number of halogens is 1. The highest BCUT2D eigenvalue weighted by molar-refractivity contribution is 5.26. The normalized spacial score (nSPS) is 23.8. The molecule has 1 aromatic carbocycles. The summed E-state index contributed by atoms with van der Waals surface area (Å²) >= 11 is 0. The largest absolute Gasteiger partial charge is 0.373 e. The molecule has 2 unspecified atom stereocenters. The number of benzene rings is 1. The SMILES string of the molecule is Cc1ccc(C2OCCC2CNC(C)(C)C)cc1F. The quantitative estimate of drug-likeness (QED) is 0.901. The van der Waals surface area contributed by atoms with Crippen LogP contribution in [0.1, 0.15) is 44.4 Å². The second-order valence-corrected chi connectivity index (χ2v) is 6.48. The van der Waals surface area contributed by atoms with Gasteiger partial charge in [0.05, 0.1) is 6.10 Å². The van der Waals surface area contributed by atoms with E-state index in [1.807, 2.05) is 12.1 Å². The molecule has 1 saturated heterocycles. The molecule has 1 aliphatic heterocycles. The lowest BCUT2D eigenvalue weighted by atomic mass is 9.93. The predicted molar refractivity (Wildman–Crippen MR) is 75.7 cm³/mol. The van der Waals surface area contributed by atoms with Crippen molar-refractivity contribution >= 4 is 0 Å². The zero-order chi connectivity index (χ0) is 14.0. The lowest BCUT2D eigenvalue weighted by Gasteiger charge is -2.26. The molecular weight excluding hydrogens is 241 g/mol. The molecule has 2 nitrogen and oxygen atoms in total. The summed E-state index contributed by atoms with van der Waals surface area (Å²) in [7, 11) is 0. The third-order valence-electron chi connectivity index (χ3n) is 3.63. The molecule has 0 spiro atoms. The Morgan fingerprint density at radius 2 is 2.11 bits per heavy atom. The molecule has 19 heavy (non-hydrogen) atoms. The Hall–Kier alpha value is -0.930. The van der Waals surface area contributed by atoms with Crippen molar-refractivity contribution in [3.63, 3.8) is 0 Å². The average Bonchev–Trinajstić information content (AvgIpc) is 2.77. The van der Waals surface area contributed by atoms with Gasteiger partial charge in [-0.25, -0.2) is 4.39 Å². The van der Waals surface area contributed by atoms with E-state index in [0.29, 0.717) is 11.5 Å². The maximum atomic E-state index is 13.7. The second kappa shape index (κ2) is 5.59. The van der Waals surface area contributed by atoms with Gasteiger partial charge in [-0.3, -0.25) is 0 Å². The van der Waals surface area contributed by atoms with Crippen LogP contribution >= 0.6 is 0 Å². The Morgan fingerprint density at radius 1 is 1.37 bits per heavy atom. The number of nitrogens with one attached hydrogen (secondary N) is 1. The topological polar surface area (TPSA) is 21.3 Å². The van der Waals surface area contributed by atoms with Crippen LogP contribution in [-0.2, 0) is 4.74 Å². The first-order valence-electron chi connectivity index (χ1n) is 6.99. The summed E-state index contributed by atoms with van der Waals surface area (Å²) in [5.41, 5.74) is 1.75. The monoisotopic (exact) mass is 265 g/mol. The van der Waals surface area contributed by atoms with Gasteiger partial charge in [0.25, 0.3) is 0 Å². The standard InChI is InChI=1S/C16H24FNO/c1-11-5-6-12(9-14(11)17)15-13(7-8-19-15)10-18-16(2,3)4/h5-6,9,13,15,18H,7-8,10H2,1-4H3. The van der Waals surface area contributed by atoms with Gasteiger partial charge in [-0.2, -0.15) is 0 Å². The highest BCUT2D eigenvalue weighted by Gasteiger charge is 2.30. The molecule has 106 valence electrons. The summed E-state index contributed by atoms with van der Waals surface area (Å²) in [4.78, 5) is 0. The molecule has 0 amide bonds. The van der Waals surface area contributed by atoms with Crippen molar-refractivity contribution < 1.29 is 9.13 Å². The van der Waals surface area contributed by atoms with Crippen molar-refractivity contribution in [3.8, 4) is 0 Å². The molecule has 2 atom stereocenters. The van der Waals surface area contributed by atoms with Gasteiger partial charge in [-0.05, 0) is 51.3 Å². The van der Waals surface area contributed by atoms with E-state index in [9.17, 15) is 4.39 Å². The van der Waals surface area contributed by atoms with Crippen LogP contribution in [-0.4, -0.2) is 18.7 Å². The van der Waals surface area contributed by atoms with Gasteiger partial charge < -0.3 is 10.1 Å². The van der Waals surface area contributed by atoms with Gasteiger partial charge in [-0.1, -0.05) is 12.1 Å². The molecule has 0 bridgehead atoms. The summed E-state index contributed by atoms with van der Waals surface area (Å²) in [5, 5.41) is 3.52. The first-order chi connectivity index (χ1) is 8.87. The van der Waals surface area contributed by atoms with Crippen molar-refractivity contribution in [3.05, 3.63) is 35.1 Å². The molecule has 0 radical (unpaired) electrons. The smallest absolute Gasteiger partial charge is 0.126 e. The van der Waals surface area contributed by atoms with Crippen molar-refractivity contribution in [2.75, 3.05) is 13.2 Å². The fourth-order valence-corrected chi connectivity index (χ4v) is 2.43. The van der Waals surface area contributed by atoms with Crippen LogP contribution < -0.4 is 5.32 Å². The first-order valence-corrected chi connectivity index (χ1v) is 6.99. The lowest BCUT2D eigenvalue weighted by Crippen LogP contribution is -2.39. The molecular formula is C16H24FNO. The molecule has 1 aromatic rings. The van der Waals surface area contributed by atoms with Gasteiger partial charge in [0.1, 0.15) is 5.82 Å². The third-order valence-corrected chi connectivity index (χ3v) is 3.63. The summed E-state index contributed by atoms with van der Waals surface area (Å²) in [6.07, 6.45) is 1.05. The predicted octanol–water partition coefficient (Wildman–Crippen LogP) is 3.60. The van der Waals surface area contributed by atoms with Gasteiger partial charge in [0.2, 0.25) is 0 Å². The molecule has 2 rings (SSSR count). The highest BCUT2D eigenvalue weighted by atomic mass is 19.1. The van der Waals surface area contributed by atoms with E-state index in [0.717, 1.165) is 25.1 Å².